The molecular formula is C24H28N2O3. The van der Waals surface area contributed by atoms with Gasteiger partial charge in [0.25, 0.3) is 0 Å². The second-order valence-electron chi connectivity index (χ2n) is 7.16. The molecule has 2 N–H and O–H groups in total. The van der Waals surface area contributed by atoms with Crippen LogP contribution in [0.15, 0.2) is 61.2 Å². The van der Waals surface area contributed by atoms with Crippen molar-refractivity contribution in [1.29, 1.82) is 0 Å². The first kappa shape index (κ1) is 20.6. The van der Waals surface area contributed by atoms with Crippen LogP contribution in [0.4, 0.5) is 4.79 Å². The molecule has 5 nitrogen and oxygen atoms in total. The quantitative estimate of drug-likeness (QED) is 0.466. The van der Waals surface area contributed by atoms with E-state index in [0.717, 1.165) is 25.7 Å². The molecule has 0 fully saturated rings. The molecule has 0 aliphatic heterocycles. The lowest BCUT2D eigenvalue weighted by Gasteiger charge is -2.14. The molecule has 0 unspecified atom stereocenters. The molecule has 3 rings (SSSR count). The van der Waals surface area contributed by atoms with Crippen molar-refractivity contribution in [2.45, 2.75) is 31.6 Å². The number of ether oxygens (including phenoxy) is 1. The summed E-state index contributed by atoms with van der Waals surface area (Å²) in [4.78, 5) is 23.1. The first-order chi connectivity index (χ1) is 14.2. The average Bonchev–Trinajstić information content (AvgIpc) is 3.07. The van der Waals surface area contributed by atoms with Gasteiger partial charge in [0.1, 0.15) is 6.61 Å². The van der Waals surface area contributed by atoms with Crippen molar-refractivity contribution in [3.8, 4) is 11.1 Å². The summed E-state index contributed by atoms with van der Waals surface area (Å²) >= 11 is 0. The number of unbranched alkanes of at least 4 members (excludes halogenated alkanes) is 3. The maximum Gasteiger partial charge on any atom is 0.407 e. The average molecular weight is 392 g/mol. The highest BCUT2D eigenvalue weighted by Crippen LogP contribution is 2.44. The van der Waals surface area contributed by atoms with Crippen LogP contribution in [-0.2, 0) is 9.53 Å². The lowest BCUT2D eigenvalue weighted by Crippen LogP contribution is -2.27. The molecular weight excluding hydrogens is 364 g/mol. The van der Waals surface area contributed by atoms with Crippen molar-refractivity contribution >= 4 is 12.0 Å². The number of carbonyl (C=O) groups is 2. The number of fused-ring (bicyclic) bond motifs is 3. The van der Waals surface area contributed by atoms with Crippen LogP contribution in [0.5, 0.6) is 0 Å². The van der Waals surface area contributed by atoms with Gasteiger partial charge in [0.15, 0.2) is 0 Å². The molecule has 2 amide bonds. The van der Waals surface area contributed by atoms with E-state index >= 15 is 0 Å². The zero-order valence-electron chi connectivity index (χ0n) is 16.7. The van der Waals surface area contributed by atoms with E-state index in [9.17, 15) is 9.59 Å². The summed E-state index contributed by atoms with van der Waals surface area (Å²) in [5.41, 5.74) is 4.87. The van der Waals surface area contributed by atoms with Gasteiger partial charge in [-0.05, 0) is 41.2 Å². The minimum Gasteiger partial charge on any atom is -0.449 e. The highest BCUT2D eigenvalue weighted by molar-refractivity contribution is 5.86. The summed E-state index contributed by atoms with van der Waals surface area (Å²) in [6, 6.07) is 16.6. The standard InChI is InChI=1S/C24H28N2O3/c1-2-23(27)25-15-9-3-4-10-16-26-24(28)29-17-22-20-13-7-5-11-18(20)19-12-6-8-14-21(19)22/h2,5-8,11-14,22H,1,3-4,9-10,15-17H2,(H,25,27)(H,26,28). The Labute approximate surface area is 172 Å². The maximum atomic E-state index is 12.1. The van der Waals surface area contributed by atoms with Crippen molar-refractivity contribution < 1.29 is 14.3 Å². The van der Waals surface area contributed by atoms with Crippen LogP contribution < -0.4 is 10.6 Å². The summed E-state index contributed by atoms with van der Waals surface area (Å²) in [5, 5.41) is 5.58. The molecule has 2 aromatic carbocycles. The molecule has 0 atom stereocenters. The summed E-state index contributed by atoms with van der Waals surface area (Å²) < 4.78 is 5.52. The van der Waals surface area contributed by atoms with Gasteiger partial charge in [-0.25, -0.2) is 4.79 Å². The number of rotatable bonds is 10. The van der Waals surface area contributed by atoms with E-state index in [1.807, 2.05) is 24.3 Å². The van der Waals surface area contributed by atoms with E-state index in [2.05, 4.69) is 41.5 Å². The Balaban J connectivity index is 1.36. The number of hydrogen-bond donors (Lipinski definition) is 2. The van der Waals surface area contributed by atoms with Crippen LogP contribution >= 0.6 is 0 Å². The third-order valence-corrected chi connectivity index (χ3v) is 5.20. The highest BCUT2D eigenvalue weighted by atomic mass is 16.5. The molecule has 0 radical (unpaired) electrons. The van der Waals surface area contributed by atoms with Gasteiger partial charge in [-0.2, -0.15) is 0 Å². The predicted octanol–water partition coefficient (Wildman–Crippen LogP) is 4.39. The van der Waals surface area contributed by atoms with Crippen LogP contribution in [0.1, 0.15) is 42.7 Å². The Kier molecular flexibility index (Phi) is 7.45. The number of hydrogen-bond acceptors (Lipinski definition) is 3. The molecule has 0 aromatic heterocycles. The second-order valence-corrected chi connectivity index (χ2v) is 7.16. The van der Waals surface area contributed by atoms with E-state index in [0.29, 0.717) is 19.7 Å². The summed E-state index contributed by atoms with van der Waals surface area (Å²) in [6.07, 6.45) is 4.71. The predicted molar refractivity (Wildman–Crippen MR) is 115 cm³/mol. The molecule has 2 aromatic rings. The van der Waals surface area contributed by atoms with E-state index < -0.39 is 0 Å². The number of carbonyl (C=O) groups excluding carboxylic acids is 2. The molecule has 1 aliphatic carbocycles. The van der Waals surface area contributed by atoms with E-state index in [4.69, 9.17) is 4.74 Å². The smallest absolute Gasteiger partial charge is 0.407 e. The van der Waals surface area contributed by atoms with Gasteiger partial charge in [-0.15, -0.1) is 0 Å². The van der Waals surface area contributed by atoms with Crippen molar-refractivity contribution in [3.63, 3.8) is 0 Å². The third kappa shape index (κ3) is 5.47. The molecule has 1 aliphatic rings. The number of amides is 2. The summed E-state index contributed by atoms with van der Waals surface area (Å²) in [7, 11) is 0. The Hall–Kier alpha value is -3.08. The Bertz CT molecular complexity index is 817. The normalized spacial score (nSPS) is 12.0. The number of nitrogens with one attached hydrogen (secondary N) is 2. The van der Waals surface area contributed by atoms with E-state index in [1.54, 1.807) is 0 Å². The Morgan fingerprint density at radius 1 is 0.862 bits per heavy atom. The fraction of sp³-hybridized carbons (Fsp3) is 0.333. The largest absolute Gasteiger partial charge is 0.449 e. The second kappa shape index (κ2) is 10.5. The van der Waals surface area contributed by atoms with E-state index in [1.165, 1.54) is 28.3 Å². The molecule has 0 heterocycles. The molecule has 0 bridgehead atoms. The van der Waals surface area contributed by atoms with Gasteiger partial charge < -0.3 is 15.4 Å². The van der Waals surface area contributed by atoms with Crippen molar-refractivity contribution in [3.05, 3.63) is 72.3 Å². The van der Waals surface area contributed by atoms with Gasteiger partial charge in [-0.3, -0.25) is 4.79 Å². The third-order valence-electron chi connectivity index (χ3n) is 5.20. The van der Waals surface area contributed by atoms with Gasteiger partial charge in [0, 0.05) is 19.0 Å². The first-order valence-corrected chi connectivity index (χ1v) is 10.2. The minimum absolute atomic E-state index is 0.0823. The zero-order valence-corrected chi connectivity index (χ0v) is 16.7. The lowest BCUT2D eigenvalue weighted by molar-refractivity contribution is -0.116. The van der Waals surface area contributed by atoms with Crippen LogP contribution in [0.25, 0.3) is 11.1 Å². The lowest BCUT2D eigenvalue weighted by atomic mass is 9.98. The van der Waals surface area contributed by atoms with Crippen molar-refractivity contribution in [2.75, 3.05) is 19.7 Å². The topological polar surface area (TPSA) is 67.4 Å². The Morgan fingerprint density at radius 3 is 2.00 bits per heavy atom. The number of alkyl carbamates (subject to hydrolysis) is 1. The summed E-state index contributed by atoms with van der Waals surface area (Å²) in [5.74, 6) is -0.0548. The van der Waals surface area contributed by atoms with Crippen molar-refractivity contribution in [1.82, 2.24) is 10.6 Å². The zero-order chi connectivity index (χ0) is 20.5. The molecule has 29 heavy (non-hydrogen) atoms. The molecule has 0 saturated carbocycles. The molecule has 152 valence electrons. The highest BCUT2D eigenvalue weighted by Gasteiger charge is 2.28. The van der Waals surface area contributed by atoms with Crippen molar-refractivity contribution in [2.24, 2.45) is 0 Å². The van der Waals surface area contributed by atoms with Gasteiger partial charge in [0.2, 0.25) is 5.91 Å². The Morgan fingerprint density at radius 2 is 1.41 bits per heavy atom. The van der Waals surface area contributed by atoms with Crippen LogP contribution in [-0.4, -0.2) is 31.7 Å². The van der Waals surface area contributed by atoms with E-state index in [-0.39, 0.29) is 17.9 Å². The fourth-order valence-electron chi connectivity index (χ4n) is 3.73. The minimum atomic E-state index is -0.370. The first-order valence-electron chi connectivity index (χ1n) is 10.2. The summed E-state index contributed by atoms with van der Waals surface area (Å²) in [6.45, 7) is 5.00. The molecule has 0 saturated heterocycles. The van der Waals surface area contributed by atoms with Crippen LogP contribution in [0.3, 0.4) is 0 Å². The molecule has 0 spiro atoms. The molecule has 5 heteroatoms. The fourth-order valence-corrected chi connectivity index (χ4v) is 3.73. The van der Waals surface area contributed by atoms with Gasteiger partial charge in [-0.1, -0.05) is 68.0 Å². The number of benzene rings is 2. The van der Waals surface area contributed by atoms with Gasteiger partial charge >= 0.3 is 6.09 Å². The SMILES string of the molecule is C=CC(=O)NCCCCCCNC(=O)OCC1c2ccccc2-c2ccccc21. The van der Waals surface area contributed by atoms with Gasteiger partial charge in [0.05, 0.1) is 0 Å². The van der Waals surface area contributed by atoms with Crippen LogP contribution in [0, 0.1) is 0 Å². The monoisotopic (exact) mass is 392 g/mol. The van der Waals surface area contributed by atoms with Crippen LogP contribution in [0.2, 0.25) is 0 Å². The maximum absolute atomic E-state index is 12.1.